The molecule has 1 aromatic rings. The number of halogens is 3. The van der Waals surface area contributed by atoms with E-state index in [1.165, 1.54) is 6.26 Å². The molecular weight excluding hydrogens is 193 g/mol. The number of anilines is 1. The molecule has 0 aliphatic carbocycles. The first-order chi connectivity index (χ1) is 5.84. The zero-order valence-electron chi connectivity index (χ0n) is 6.08. The second-order valence-electron chi connectivity index (χ2n) is 1.73. The number of nitrogens with two attached hydrogens (primary N) is 1. The van der Waals surface area contributed by atoms with Crippen LogP contribution in [0.2, 0.25) is 0 Å². The number of hydrogen-bond donors (Lipinski definition) is 2. The van der Waals surface area contributed by atoms with Crippen molar-refractivity contribution in [3.05, 3.63) is 12.3 Å². The van der Waals surface area contributed by atoms with Crippen LogP contribution in [0.25, 0.3) is 0 Å². The number of carboxylic acids is 1. The smallest absolute Gasteiger partial charge is 0.475 e. The monoisotopic (exact) mass is 198 g/mol. The molecule has 74 valence electrons. The van der Waals surface area contributed by atoms with E-state index >= 15 is 0 Å². The Bertz CT molecular complexity index is 256. The van der Waals surface area contributed by atoms with Crippen molar-refractivity contribution in [3.63, 3.8) is 0 Å². The summed E-state index contributed by atoms with van der Waals surface area (Å²) in [4.78, 5) is 8.90. The molecule has 8 heteroatoms. The molecule has 0 fully saturated rings. The van der Waals surface area contributed by atoms with E-state index in [1.807, 2.05) is 0 Å². The van der Waals surface area contributed by atoms with Crippen molar-refractivity contribution in [1.29, 1.82) is 0 Å². The minimum Gasteiger partial charge on any atom is -0.475 e. The average Bonchev–Trinajstić information content (AvgIpc) is 2.38. The molecule has 0 aliphatic rings. The van der Waals surface area contributed by atoms with Crippen LogP contribution >= 0.6 is 0 Å². The van der Waals surface area contributed by atoms with Gasteiger partial charge in [-0.05, 0) is 0 Å². The Hall–Kier alpha value is -1.73. The Kier molecular flexibility index (Phi) is 3.76. The number of nitrogens with zero attached hydrogens (tertiary/aromatic N) is 1. The maximum atomic E-state index is 10.6. The van der Waals surface area contributed by atoms with Crippen molar-refractivity contribution in [3.8, 4) is 0 Å². The standard InChI is InChI=1S/C3H4N2O.C2HF3O2/c4-3-1-2-6-5-3;3-2(4,5)1(6)7/h1-2H,(H2,4,5);(H,6,7). The van der Waals surface area contributed by atoms with Crippen molar-refractivity contribution in [2.45, 2.75) is 6.18 Å². The Labute approximate surface area is 69.9 Å². The molecule has 0 bridgehead atoms. The van der Waals surface area contributed by atoms with Gasteiger partial charge in [0, 0.05) is 6.07 Å². The van der Waals surface area contributed by atoms with E-state index in [0.29, 0.717) is 5.82 Å². The lowest BCUT2D eigenvalue weighted by atomic mass is 10.7. The normalized spacial score (nSPS) is 10.1. The van der Waals surface area contributed by atoms with E-state index < -0.39 is 12.1 Å². The number of aromatic nitrogens is 1. The summed E-state index contributed by atoms with van der Waals surface area (Å²) in [5, 5.41) is 10.4. The number of carbonyl (C=O) groups is 1. The predicted molar refractivity (Wildman–Crippen MR) is 34.6 cm³/mol. The highest BCUT2D eigenvalue weighted by Crippen LogP contribution is 2.13. The number of carboxylic acid groups (broad SMARTS) is 1. The summed E-state index contributed by atoms with van der Waals surface area (Å²) in [6, 6.07) is 1.58. The Morgan fingerprint density at radius 3 is 2.15 bits per heavy atom. The SMILES string of the molecule is Nc1ccon1.O=C(O)C(F)(F)F. The Balaban J connectivity index is 0.000000223. The van der Waals surface area contributed by atoms with Crippen LogP contribution in [0.4, 0.5) is 19.0 Å². The molecule has 0 aliphatic heterocycles. The quantitative estimate of drug-likeness (QED) is 0.646. The molecule has 1 aromatic heterocycles. The highest BCUT2D eigenvalue weighted by atomic mass is 19.4. The highest BCUT2D eigenvalue weighted by Gasteiger charge is 2.38. The molecular formula is C5H5F3N2O3. The minimum atomic E-state index is -5.08. The van der Waals surface area contributed by atoms with E-state index in [2.05, 4.69) is 9.68 Å². The zero-order chi connectivity index (χ0) is 10.5. The molecule has 0 saturated heterocycles. The maximum absolute atomic E-state index is 10.6. The molecule has 0 radical (unpaired) electrons. The van der Waals surface area contributed by atoms with Gasteiger partial charge in [0.1, 0.15) is 6.26 Å². The molecule has 0 spiro atoms. The van der Waals surface area contributed by atoms with Crippen molar-refractivity contribution >= 4 is 11.8 Å². The number of hydrogen-bond acceptors (Lipinski definition) is 4. The molecule has 0 atom stereocenters. The van der Waals surface area contributed by atoms with Gasteiger partial charge in [0.25, 0.3) is 0 Å². The molecule has 1 heterocycles. The van der Waals surface area contributed by atoms with E-state index in [4.69, 9.17) is 15.6 Å². The maximum Gasteiger partial charge on any atom is 0.490 e. The molecule has 0 unspecified atom stereocenters. The van der Waals surface area contributed by atoms with Crippen LogP contribution in [-0.2, 0) is 4.79 Å². The second-order valence-corrected chi connectivity index (χ2v) is 1.73. The summed E-state index contributed by atoms with van der Waals surface area (Å²) < 4.78 is 36.1. The van der Waals surface area contributed by atoms with E-state index in [-0.39, 0.29) is 0 Å². The fourth-order valence-corrected chi connectivity index (χ4v) is 0.222. The first-order valence-corrected chi connectivity index (χ1v) is 2.80. The fraction of sp³-hybridized carbons (Fsp3) is 0.200. The highest BCUT2D eigenvalue weighted by molar-refractivity contribution is 5.73. The lowest BCUT2D eigenvalue weighted by molar-refractivity contribution is -0.192. The van der Waals surface area contributed by atoms with Gasteiger partial charge in [-0.1, -0.05) is 5.16 Å². The van der Waals surface area contributed by atoms with Gasteiger partial charge in [0.05, 0.1) is 0 Å². The lowest BCUT2D eigenvalue weighted by Gasteiger charge is -1.93. The van der Waals surface area contributed by atoms with E-state index in [9.17, 15) is 13.2 Å². The van der Waals surface area contributed by atoms with Gasteiger partial charge in [-0.3, -0.25) is 0 Å². The minimum absolute atomic E-state index is 0.426. The van der Waals surface area contributed by atoms with Crippen molar-refractivity contribution in [2.75, 3.05) is 5.73 Å². The van der Waals surface area contributed by atoms with Gasteiger partial charge in [-0.2, -0.15) is 13.2 Å². The zero-order valence-corrected chi connectivity index (χ0v) is 6.08. The van der Waals surface area contributed by atoms with Crippen LogP contribution < -0.4 is 5.73 Å². The lowest BCUT2D eigenvalue weighted by Crippen LogP contribution is -2.21. The van der Waals surface area contributed by atoms with E-state index in [0.717, 1.165) is 0 Å². The largest absolute Gasteiger partial charge is 0.490 e. The molecule has 3 N–H and O–H groups in total. The Morgan fingerprint density at radius 2 is 2.08 bits per heavy atom. The summed E-state index contributed by atoms with van der Waals surface area (Å²) in [7, 11) is 0. The number of rotatable bonds is 0. The van der Waals surface area contributed by atoms with Crippen molar-refractivity contribution in [2.24, 2.45) is 0 Å². The molecule has 0 aromatic carbocycles. The summed E-state index contributed by atoms with van der Waals surface area (Å²) in [5.74, 6) is -2.33. The third-order valence-electron chi connectivity index (χ3n) is 0.700. The topological polar surface area (TPSA) is 89.4 Å². The van der Waals surface area contributed by atoms with Gasteiger partial charge in [-0.15, -0.1) is 0 Å². The summed E-state index contributed by atoms with van der Waals surface area (Å²) in [5.41, 5.74) is 5.07. The summed E-state index contributed by atoms with van der Waals surface area (Å²) >= 11 is 0. The van der Waals surface area contributed by atoms with Crippen LogP contribution in [0.3, 0.4) is 0 Å². The molecule has 5 nitrogen and oxygen atoms in total. The molecule has 13 heavy (non-hydrogen) atoms. The molecule has 0 amide bonds. The molecule has 0 saturated carbocycles. The van der Waals surface area contributed by atoms with Gasteiger partial charge < -0.3 is 15.4 Å². The first kappa shape index (κ1) is 11.3. The van der Waals surface area contributed by atoms with Crippen LogP contribution in [0.5, 0.6) is 0 Å². The third-order valence-corrected chi connectivity index (χ3v) is 0.700. The summed E-state index contributed by atoms with van der Waals surface area (Å²) in [6.45, 7) is 0. The van der Waals surface area contributed by atoms with Gasteiger partial charge in [-0.25, -0.2) is 4.79 Å². The van der Waals surface area contributed by atoms with Crippen LogP contribution in [0, 0.1) is 0 Å². The number of aliphatic carboxylic acids is 1. The van der Waals surface area contributed by atoms with Crippen molar-refractivity contribution < 1.29 is 27.6 Å². The van der Waals surface area contributed by atoms with E-state index in [1.54, 1.807) is 6.07 Å². The van der Waals surface area contributed by atoms with Gasteiger partial charge in [0.2, 0.25) is 0 Å². The fourth-order valence-electron chi connectivity index (χ4n) is 0.222. The average molecular weight is 198 g/mol. The predicted octanol–water partition coefficient (Wildman–Crippen LogP) is 0.890. The van der Waals surface area contributed by atoms with Gasteiger partial charge in [0.15, 0.2) is 5.82 Å². The van der Waals surface area contributed by atoms with Crippen molar-refractivity contribution in [1.82, 2.24) is 5.16 Å². The van der Waals surface area contributed by atoms with Gasteiger partial charge >= 0.3 is 12.1 Å². The number of alkyl halides is 3. The van der Waals surface area contributed by atoms with Crippen LogP contribution in [-0.4, -0.2) is 22.4 Å². The first-order valence-electron chi connectivity index (χ1n) is 2.80. The second kappa shape index (κ2) is 4.33. The van der Waals surface area contributed by atoms with Crippen LogP contribution in [0.1, 0.15) is 0 Å². The third kappa shape index (κ3) is 5.53. The Morgan fingerprint density at radius 1 is 1.62 bits per heavy atom. The van der Waals surface area contributed by atoms with Crippen LogP contribution in [0.15, 0.2) is 16.9 Å². The summed E-state index contributed by atoms with van der Waals surface area (Å²) in [6.07, 6.45) is -3.66. The number of nitrogen functional groups attached to an aromatic ring is 1. The molecule has 1 rings (SSSR count).